The van der Waals surface area contributed by atoms with Crippen LogP contribution >= 0.6 is 11.6 Å². The van der Waals surface area contributed by atoms with E-state index in [1.165, 1.54) is 24.3 Å². The van der Waals surface area contributed by atoms with Crippen LogP contribution in [0.1, 0.15) is 12.0 Å². The van der Waals surface area contributed by atoms with Gasteiger partial charge in [0.1, 0.15) is 0 Å². The molecular weight excluding hydrogens is 348 g/mol. The van der Waals surface area contributed by atoms with Crippen LogP contribution in [0.15, 0.2) is 59.5 Å². The van der Waals surface area contributed by atoms with Gasteiger partial charge in [0.15, 0.2) is 0 Å². The second-order valence-corrected chi connectivity index (χ2v) is 7.54. The number of benzene rings is 2. The Hall–Kier alpha value is -1.89. The summed E-state index contributed by atoms with van der Waals surface area (Å²) in [6.45, 7) is 0.534. The van der Waals surface area contributed by atoms with Crippen LogP contribution in [-0.4, -0.2) is 32.8 Å². The summed E-state index contributed by atoms with van der Waals surface area (Å²) in [4.78, 5) is 13.8. The Balaban J connectivity index is 1.84. The van der Waals surface area contributed by atoms with Gasteiger partial charge in [-0.2, -0.15) is 0 Å². The average Bonchev–Trinajstić information content (AvgIpc) is 2.56. The first-order valence-corrected chi connectivity index (χ1v) is 9.28. The summed E-state index contributed by atoms with van der Waals surface area (Å²) in [5, 5.41) is 0.465. The predicted molar refractivity (Wildman–Crippen MR) is 94.2 cm³/mol. The Morgan fingerprint density at radius 3 is 2.33 bits per heavy atom. The normalized spacial score (nSPS) is 11.2. The standard InChI is InChI=1S/C17H19ClN2O3S/c1-20(13-14-5-3-2-4-6-14)17(21)11-12-19-24(22,23)16-9-7-15(18)8-10-16/h2-10,19H,11-13H2,1H3. The van der Waals surface area contributed by atoms with Crippen molar-refractivity contribution in [3.05, 3.63) is 65.2 Å². The molecule has 0 aliphatic heterocycles. The first-order chi connectivity index (χ1) is 11.4. The molecule has 1 N–H and O–H groups in total. The zero-order chi connectivity index (χ0) is 17.6. The first-order valence-electron chi connectivity index (χ1n) is 7.41. The van der Waals surface area contributed by atoms with Crippen molar-refractivity contribution in [2.45, 2.75) is 17.9 Å². The number of nitrogens with zero attached hydrogens (tertiary/aromatic N) is 1. The van der Waals surface area contributed by atoms with Crippen LogP contribution in [0.2, 0.25) is 5.02 Å². The van der Waals surface area contributed by atoms with Crippen LogP contribution < -0.4 is 4.72 Å². The van der Waals surface area contributed by atoms with Crippen LogP contribution in [0.4, 0.5) is 0 Å². The van der Waals surface area contributed by atoms with Gasteiger partial charge in [0.05, 0.1) is 4.90 Å². The fourth-order valence-corrected chi connectivity index (χ4v) is 3.28. The Bertz CT molecular complexity index is 777. The lowest BCUT2D eigenvalue weighted by Gasteiger charge is -2.17. The molecule has 0 radical (unpaired) electrons. The summed E-state index contributed by atoms with van der Waals surface area (Å²) in [7, 11) is -1.94. The highest BCUT2D eigenvalue weighted by molar-refractivity contribution is 7.89. The Kier molecular flexibility index (Phi) is 6.36. The minimum absolute atomic E-state index is 0.0446. The molecule has 0 unspecified atom stereocenters. The number of sulfonamides is 1. The van der Waals surface area contributed by atoms with Crippen molar-refractivity contribution in [2.24, 2.45) is 0 Å². The van der Waals surface area contributed by atoms with Crippen molar-refractivity contribution in [3.8, 4) is 0 Å². The van der Waals surface area contributed by atoms with Gasteiger partial charge in [-0.1, -0.05) is 41.9 Å². The lowest BCUT2D eigenvalue weighted by atomic mass is 10.2. The van der Waals surface area contributed by atoms with E-state index >= 15 is 0 Å². The van der Waals surface area contributed by atoms with E-state index in [1.54, 1.807) is 11.9 Å². The third-order valence-electron chi connectivity index (χ3n) is 3.44. The van der Waals surface area contributed by atoms with E-state index in [9.17, 15) is 13.2 Å². The molecule has 0 atom stereocenters. The monoisotopic (exact) mass is 366 g/mol. The maximum Gasteiger partial charge on any atom is 0.240 e. The molecule has 0 saturated heterocycles. The summed E-state index contributed by atoms with van der Waals surface area (Å²) >= 11 is 5.74. The molecule has 5 nitrogen and oxygen atoms in total. The van der Waals surface area contributed by atoms with Crippen molar-refractivity contribution in [3.63, 3.8) is 0 Å². The molecule has 2 rings (SSSR count). The molecule has 0 saturated carbocycles. The lowest BCUT2D eigenvalue weighted by Crippen LogP contribution is -2.31. The SMILES string of the molecule is CN(Cc1ccccc1)C(=O)CCNS(=O)(=O)c1ccc(Cl)cc1. The molecule has 2 aromatic carbocycles. The third-order valence-corrected chi connectivity index (χ3v) is 5.17. The van der Waals surface area contributed by atoms with Crippen LogP contribution in [0.5, 0.6) is 0 Å². The zero-order valence-electron chi connectivity index (χ0n) is 13.3. The maximum atomic E-state index is 12.1. The summed E-state index contributed by atoms with van der Waals surface area (Å²) in [5.41, 5.74) is 1.02. The van der Waals surface area contributed by atoms with E-state index in [2.05, 4.69) is 4.72 Å². The van der Waals surface area contributed by atoms with E-state index in [-0.39, 0.29) is 23.8 Å². The summed E-state index contributed by atoms with van der Waals surface area (Å²) in [5.74, 6) is -0.127. The van der Waals surface area contributed by atoms with E-state index in [0.717, 1.165) is 5.56 Å². The minimum Gasteiger partial charge on any atom is -0.341 e. The molecular formula is C17H19ClN2O3S. The molecule has 2 aromatic rings. The van der Waals surface area contributed by atoms with Crippen LogP contribution in [0.3, 0.4) is 0 Å². The number of carbonyl (C=O) groups is 1. The second kappa shape index (κ2) is 8.28. The molecule has 0 heterocycles. The molecule has 128 valence electrons. The van der Waals surface area contributed by atoms with E-state index < -0.39 is 10.0 Å². The second-order valence-electron chi connectivity index (χ2n) is 5.34. The average molecular weight is 367 g/mol. The van der Waals surface area contributed by atoms with Gasteiger partial charge in [-0.05, 0) is 29.8 Å². The highest BCUT2D eigenvalue weighted by Crippen LogP contribution is 2.13. The number of carbonyl (C=O) groups excluding carboxylic acids is 1. The van der Waals surface area contributed by atoms with Gasteiger partial charge in [0, 0.05) is 31.6 Å². The smallest absolute Gasteiger partial charge is 0.240 e. The number of halogens is 1. The van der Waals surface area contributed by atoms with Gasteiger partial charge >= 0.3 is 0 Å². The minimum atomic E-state index is -3.64. The predicted octanol–water partition coefficient (Wildman–Crippen LogP) is 2.67. The molecule has 0 bridgehead atoms. The highest BCUT2D eigenvalue weighted by atomic mass is 35.5. The third kappa shape index (κ3) is 5.33. The van der Waals surface area contributed by atoms with E-state index in [4.69, 9.17) is 11.6 Å². The molecule has 0 aliphatic rings. The first kappa shape index (κ1) is 18.4. The topological polar surface area (TPSA) is 66.5 Å². The molecule has 0 fully saturated rings. The quantitative estimate of drug-likeness (QED) is 0.819. The zero-order valence-corrected chi connectivity index (χ0v) is 14.8. The molecule has 0 spiro atoms. The van der Waals surface area contributed by atoms with Gasteiger partial charge in [0.25, 0.3) is 0 Å². The van der Waals surface area contributed by atoms with Crippen molar-refractivity contribution in [1.82, 2.24) is 9.62 Å². The van der Waals surface area contributed by atoms with Gasteiger partial charge in [-0.25, -0.2) is 13.1 Å². The molecule has 0 aromatic heterocycles. The van der Waals surface area contributed by atoms with Crippen molar-refractivity contribution >= 4 is 27.5 Å². The Labute approximate surface area is 147 Å². The van der Waals surface area contributed by atoms with Gasteiger partial charge in [-0.15, -0.1) is 0 Å². The van der Waals surface area contributed by atoms with Crippen LogP contribution in [0, 0.1) is 0 Å². The summed E-state index contributed by atoms with van der Waals surface area (Å²) in [6.07, 6.45) is 0.0934. The lowest BCUT2D eigenvalue weighted by molar-refractivity contribution is -0.130. The van der Waals surface area contributed by atoms with Crippen molar-refractivity contribution in [1.29, 1.82) is 0 Å². The fourth-order valence-electron chi connectivity index (χ4n) is 2.13. The molecule has 0 aliphatic carbocycles. The number of nitrogens with one attached hydrogen (secondary N) is 1. The molecule has 24 heavy (non-hydrogen) atoms. The van der Waals surface area contributed by atoms with Crippen molar-refractivity contribution in [2.75, 3.05) is 13.6 Å². The van der Waals surface area contributed by atoms with Gasteiger partial charge in [0.2, 0.25) is 15.9 Å². The number of hydrogen-bond acceptors (Lipinski definition) is 3. The maximum absolute atomic E-state index is 12.1. The van der Waals surface area contributed by atoms with Gasteiger partial charge in [-0.3, -0.25) is 4.79 Å². The number of amides is 1. The number of rotatable bonds is 7. The molecule has 1 amide bonds. The summed E-state index contributed by atoms with van der Waals surface area (Å²) in [6, 6.07) is 15.5. The molecule has 7 heteroatoms. The van der Waals surface area contributed by atoms with Crippen LogP contribution in [0.25, 0.3) is 0 Å². The number of hydrogen-bond donors (Lipinski definition) is 1. The van der Waals surface area contributed by atoms with Gasteiger partial charge < -0.3 is 4.90 Å². The largest absolute Gasteiger partial charge is 0.341 e. The van der Waals surface area contributed by atoms with E-state index in [1.807, 2.05) is 30.3 Å². The van der Waals surface area contributed by atoms with Crippen molar-refractivity contribution < 1.29 is 13.2 Å². The van der Waals surface area contributed by atoms with E-state index in [0.29, 0.717) is 11.6 Å². The highest BCUT2D eigenvalue weighted by Gasteiger charge is 2.15. The fraction of sp³-hybridized carbons (Fsp3) is 0.235. The Morgan fingerprint density at radius 2 is 1.71 bits per heavy atom. The Morgan fingerprint density at radius 1 is 1.08 bits per heavy atom. The summed E-state index contributed by atoms with van der Waals surface area (Å²) < 4.78 is 26.6. The van der Waals surface area contributed by atoms with Crippen LogP contribution in [-0.2, 0) is 21.4 Å².